The van der Waals surface area contributed by atoms with Crippen molar-refractivity contribution in [3.63, 3.8) is 0 Å². The third-order valence-corrected chi connectivity index (χ3v) is 5.94. The van der Waals surface area contributed by atoms with Gasteiger partial charge in [-0.1, -0.05) is 63.2 Å². The van der Waals surface area contributed by atoms with Crippen LogP contribution in [0.2, 0.25) is 0 Å². The van der Waals surface area contributed by atoms with Crippen LogP contribution < -0.4 is 5.32 Å². The van der Waals surface area contributed by atoms with Gasteiger partial charge in [0.05, 0.1) is 11.3 Å². The fourth-order valence-electron chi connectivity index (χ4n) is 4.08. The number of aromatic hydroxyl groups is 1. The third-order valence-electron chi connectivity index (χ3n) is 5.94. The van der Waals surface area contributed by atoms with Crippen LogP contribution in [-0.4, -0.2) is 30.8 Å². The fraction of sp³-hybridized carbons (Fsp3) is 0.138. The Labute approximate surface area is 224 Å². The first-order chi connectivity index (χ1) is 18.8. The number of hydrogen-bond donors (Lipinski definition) is 2. The van der Waals surface area contributed by atoms with E-state index < -0.39 is 11.3 Å². The van der Waals surface area contributed by atoms with Crippen molar-refractivity contribution in [1.29, 1.82) is 5.26 Å². The predicted molar refractivity (Wildman–Crippen MR) is 147 cm³/mol. The number of azo groups is 1. The molecule has 0 saturated heterocycles. The molecule has 0 unspecified atom stereocenters. The van der Waals surface area contributed by atoms with Gasteiger partial charge in [-0.25, -0.2) is 9.97 Å². The summed E-state index contributed by atoms with van der Waals surface area (Å²) in [4.78, 5) is 21.7. The molecule has 0 aliphatic heterocycles. The van der Waals surface area contributed by atoms with Crippen LogP contribution in [0.3, 0.4) is 0 Å². The van der Waals surface area contributed by atoms with Crippen LogP contribution in [0, 0.1) is 11.3 Å². The van der Waals surface area contributed by atoms with E-state index in [1.165, 1.54) is 4.68 Å². The number of phenols is 1. The topological polar surface area (TPSA) is 141 Å². The van der Waals surface area contributed by atoms with Crippen molar-refractivity contribution >= 4 is 33.9 Å². The Kier molecular flexibility index (Phi) is 6.56. The monoisotopic (exact) mass is 516 g/mol. The van der Waals surface area contributed by atoms with Crippen molar-refractivity contribution in [3.8, 4) is 17.8 Å². The number of carbonyl (C=O) groups is 1. The molecule has 2 N–H and O–H groups in total. The number of nitrogens with one attached hydrogen (secondary N) is 1. The first-order valence-electron chi connectivity index (χ1n) is 12.1. The van der Waals surface area contributed by atoms with Gasteiger partial charge in [-0.2, -0.15) is 15.0 Å². The summed E-state index contributed by atoms with van der Waals surface area (Å²) in [5.74, 6) is -0.529. The number of aromatic nitrogens is 4. The number of rotatable bonds is 5. The average molecular weight is 517 g/mol. The molecule has 39 heavy (non-hydrogen) atoms. The number of carbonyl (C=O) groups excluding carboxylic acids is 1. The van der Waals surface area contributed by atoms with Crippen molar-refractivity contribution in [1.82, 2.24) is 19.7 Å². The zero-order valence-electron chi connectivity index (χ0n) is 21.5. The summed E-state index contributed by atoms with van der Waals surface area (Å²) in [7, 11) is 0. The zero-order chi connectivity index (χ0) is 27.6. The van der Waals surface area contributed by atoms with Gasteiger partial charge in [-0.3, -0.25) is 4.79 Å². The molecule has 10 nitrogen and oxygen atoms in total. The van der Waals surface area contributed by atoms with E-state index in [4.69, 9.17) is 0 Å². The van der Waals surface area contributed by atoms with Gasteiger partial charge in [0.15, 0.2) is 11.6 Å². The van der Waals surface area contributed by atoms with Gasteiger partial charge in [0.1, 0.15) is 17.3 Å². The van der Waals surface area contributed by atoms with E-state index in [1.807, 2.05) is 39.0 Å². The highest BCUT2D eigenvalue weighted by Crippen LogP contribution is 2.41. The minimum atomic E-state index is -0.503. The Balaban J connectivity index is 1.67. The molecular formula is C29H24N8O2. The summed E-state index contributed by atoms with van der Waals surface area (Å²) in [5, 5.41) is 38.7. The Hall–Kier alpha value is -5.43. The van der Waals surface area contributed by atoms with Crippen LogP contribution in [0.5, 0.6) is 5.75 Å². The van der Waals surface area contributed by atoms with Crippen LogP contribution in [0.25, 0.3) is 16.7 Å². The maximum atomic E-state index is 13.1. The van der Waals surface area contributed by atoms with Gasteiger partial charge in [0.25, 0.3) is 11.9 Å². The van der Waals surface area contributed by atoms with Crippen molar-refractivity contribution in [2.24, 2.45) is 10.2 Å². The van der Waals surface area contributed by atoms with Gasteiger partial charge in [0.2, 0.25) is 0 Å². The van der Waals surface area contributed by atoms with Crippen molar-refractivity contribution in [2.45, 2.75) is 26.2 Å². The second-order valence-electron chi connectivity index (χ2n) is 9.73. The Bertz CT molecular complexity index is 1750. The van der Waals surface area contributed by atoms with E-state index in [1.54, 1.807) is 60.9 Å². The maximum Gasteiger partial charge on any atom is 0.259 e. The summed E-state index contributed by atoms with van der Waals surface area (Å²) in [6.07, 6.45) is 3.11. The summed E-state index contributed by atoms with van der Waals surface area (Å²) in [5.41, 5.74) is 0.909. The third kappa shape index (κ3) is 4.93. The van der Waals surface area contributed by atoms with Crippen LogP contribution in [0.15, 0.2) is 89.4 Å². The smallest absolute Gasteiger partial charge is 0.259 e. The van der Waals surface area contributed by atoms with Gasteiger partial charge < -0.3 is 10.4 Å². The number of anilines is 1. The lowest BCUT2D eigenvalue weighted by Crippen LogP contribution is -2.14. The highest BCUT2D eigenvalue weighted by molar-refractivity contribution is 6.11. The molecule has 192 valence electrons. The molecular weight excluding hydrogens is 492 g/mol. The van der Waals surface area contributed by atoms with Crippen LogP contribution >= 0.6 is 0 Å². The van der Waals surface area contributed by atoms with Gasteiger partial charge >= 0.3 is 0 Å². The number of nitrogens with zero attached hydrogens (tertiary/aromatic N) is 7. The molecule has 2 aromatic heterocycles. The number of amides is 1. The number of hydrogen-bond acceptors (Lipinski definition) is 8. The van der Waals surface area contributed by atoms with Crippen molar-refractivity contribution in [3.05, 3.63) is 95.9 Å². The van der Waals surface area contributed by atoms with Gasteiger partial charge in [-0.15, -0.1) is 10.2 Å². The van der Waals surface area contributed by atoms with Gasteiger partial charge in [-0.05, 0) is 29.7 Å². The summed E-state index contributed by atoms with van der Waals surface area (Å²) in [6, 6.07) is 21.6. The molecule has 2 heterocycles. The van der Waals surface area contributed by atoms with E-state index >= 15 is 0 Å². The quantitative estimate of drug-likeness (QED) is 0.260. The molecule has 0 saturated carbocycles. The highest BCUT2D eigenvalue weighted by Gasteiger charge is 2.29. The van der Waals surface area contributed by atoms with Crippen LogP contribution in [0.4, 0.5) is 17.2 Å². The molecule has 0 atom stereocenters. The lowest BCUT2D eigenvalue weighted by Gasteiger charge is -2.14. The molecule has 0 fully saturated rings. The number of phenolic OH excluding ortho intramolecular Hbond substituents is 1. The maximum absolute atomic E-state index is 13.1. The Morgan fingerprint density at radius 2 is 1.69 bits per heavy atom. The molecule has 0 radical (unpaired) electrons. The second-order valence-corrected chi connectivity index (χ2v) is 9.73. The van der Waals surface area contributed by atoms with Gasteiger partial charge in [0, 0.05) is 28.9 Å². The SMILES string of the molecule is CC(C)(C)c1nn(-c2ncccn2)c(/N=N/c2c(O)c(C(=O)Nc3ccccc3)cc3ccccc23)c1C#N. The van der Waals surface area contributed by atoms with Crippen LogP contribution in [-0.2, 0) is 5.41 Å². The molecule has 3 aromatic carbocycles. The normalized spacial score (nSPS) is 11.5. The minimum Gasteiger partial charge on any atom is -0.505 e. The van der Waals surface area contributed by atoms with Crippen molar-refractivity contribution in [2.75, 3.05) is 5.32 Å². The molecule has 0 aliphatic carbocycles. The van der Waals surface area contributed by atoms with E-state index in [2.05, 4.69) is 36.7 Å². The zero-order valence-corrected chi connectivity index (χ0v) is 21.5. The first kappa shape index (κ1) is 25.2. The number of fused-ring (bicyclic) bond motifs is 1. The van der Waals surface area contributed by atoms with Crippen LogP contribution in [0.1, 0.15) is 42.4 Å². The molecule has 0 aliphatic rings. The molecule has 5 rings (SSSR count). The molecule has 10 heteroatoms. The summed E-state index contributed by atoms with van der Waals surface area (Å²) < 4.78 is 1.35. The molecule has 0 spiro atoms. The Morgan fingerprint density at radius 3 is 2.38 bits per heavy atom. The Morgan fingerprint density at radius 1 is 1.00 bits per heavy atom. The fourth-order valence-corrected chi connectivity index (χ4v) is 4.08. The summed E-state index contributed by atoms with van der Waals surface area (Å²) in [6.45, 7) is 5.80. The molecule has 1 amide bonds. The largest absolute Gasteiger partial charge is 0.505 e. The lowest BCUT2D eigenvalue weighted by atomic mass is 9.90. The second kappa shape index (κ2) is 10.1. The van der Waals surface area contributed by atoms with E-state index in [0.29, 0.717) is 22.2 Å². The van der Waals surface area contributed by atoms with E-state index in [9.17, 15) is 15.2 Å². The van der Waals surface area contributed by atoms with Crippen molar-refractivity contribution < 1.29 is 9.90 Å². The number of benzene rings is 3. The number of para-hydroxylation sites is 1. The highest BCUT2D eigenvalue weighted by atomic mass is 16.3. The molecule has 5 aromatic rings. The minimum absolute atomic E-state index is 0.0299. The molecule has 0 bridgehead atoms. The lowest BCUT2D eigenvalue weighted by molar-refractivity contribution is 0.102. The summed E-state index contributed by atoms with van der Waals surface area (Å²) >= 11 is 0. The average Bonchev–Trinajstić information content (AvgIpc) is 3.32. The predicted octanol–water partition coefficient (Wildman–Crippen LogP) is 6.36. The van der Waals surface area contributed by atoms with E-state index in [0.717, 1.165) is 0 Å². The number of nitriles is 1. The standard InChI is InChI=1S/C29H24N8O2/c1-29(2,3)25-22(17-30)26(37(36-25)28-31-14-9-15-32-28)35-34-23-20-13-8-7-10-18(20)16-21(24(23)38)27(39)33-19-11-5-4-6-12-19/h4-16,38H,1-3H3,(H,33,39)/b35-34+. The first-order valence-corrected chi connectivity index (χ1v) is 12.1. The van der Waals surface area contributed by atoms with E-state index in [-0.39, 0.29) is 34.3 Å².